The molecule has 0 aliphatic heterocycles. The van der Waals surface area contributed by atoms with Crippen LogP contribution in [0.1, 0.15) is 5.56 Å². The van der Waals surface area contributed by atoms with E-state index < -0.39 is 0 Å². The van der Waals surface area contributed by atoms with Crippen LogP contribution in [-0.4, -0.2) is 21.2 Å². The number of hydrogen-bond donors (Lipinski definition) is 4. The van der Waals surface area contributed by atoms with Gasteiger partial charge in [0.05, 0.1) is 12.1 Å². The van der Waals surface area contributed by atoms with Gasteiger partial charge in [-0.3, -0.25) is 14.5 Å². The second-order valence-corrected chi connectivity index (χ2v) is 3.11. The van der Waals surface area contributed by atoms with E-state index in [4.69, 9.17) is 17.3 Å². The summed E-state index contributed by atoms with van der Waals surface area (Å²) in [5.41, 5.74) is 11.1. The Morgan fingerprint density at radius 2 is 2.31 bits per heavy atom. The second-order valence-electron chi connectivity index (χ2n) is 3.11. The van der Waals surface area contributed by atoms with Crippen molar-refractivity contribution in [1.82, 2.24) is 14.6 Å². The predicted octanol–water partition coefficient (Wildman–Crippen LogP) is -1.67. The Morgan fingerprint density at radius 1 is 1.56 bits per heavy atom. The van der Waals surface area contributed by atoms with Crippen molar-refractivity contribution in [2.75, 3.05) is 18.1 Å². The van der Waals surface area contributed by atoms with Gasteiger partial charge in [0.2, 0.25) is 5.95 Å². The van der Waals surface area contributed by atoms with Crippen molar-refractivity contribution in [3.05, 3.63) is 22.1 Å². The minimum Gasteiger partial charge on any atom is -0.369 e. The van der Waals surface area contributed by atoms with Crippen LogP contribution in [0.25, 0.3) is 11.0 Å². The fourth-order valence-corrected chi connectivity index (χ4v) is 1.41. The zero-order valence-electron chi connectivity index (χ0n) is 8.32. The molecule has 2 aromatic rings. The molecule has 7 heteroatoms. The first-order valence-electron chi connectivity index (χ1n) is 4.48. The van der Waals surface area contributed by atoms with Crippen molar-refractivity contribution in [1.29, 1.82) is 0 Å². The fraction of sp³-hybridized carbons (Fsp3) is 0.111. The number of nitrogens with two attached hydrogens (primary N) is 3. The summed E-state index contributed by atoms with van der Waals surface area (Å²) in [6, 6.07) is 0. The molecule has 2 aromatic heterocycles. The van der Waals surface area contributed by atoms with E-state index in [0.29, 0.717) is 16.6 Å². The van der Waals surface area contributed by atoms with Gasteiger partial charge in [-0.1, -0.05) is 11.8 Å². The Balaban J connectivity index is 2.84. The molecule has 0 atom stereocenters. The normalized spacial score (nSPS) is 10.1. The number of rotatable bonds is 0. The third-order valence-corrected chi connectivity index (χ3v) is 2.03. The Kier molecular flexibility index (Phi) is 2.27. The molecule has 0 bridgehead atoms. The van der Waals surface area contributed by atoms with E-state index in [-0.39, 0.29) is 18.1 Å². The summed E-state index contributed by atoms with van der Waals surface area (Å²) in [4.78, 5) is 18.0. The molecule has 7 N–H and O–H groups in total. The Morgan fingerprint density at radius 3 is 3.00 bits per heavy atom. The van der Waals surface area contributed by atoms with E-state index in [2.05, 4.69) is 21.8 Å². The lowest BCUT2D eigenvalue weighted by Crippen LogP contribution is -2.14. The van der Waals surface area contributed by atoms with Crippen LogP contribution in [0.2, 0.25) is 0 Å². The summed E-state index contributed by atoms with van der Waals surface area (Å²) in [6.45, 7) is 0.206. The zero-order valence-corrected chi connectivity index (χ0v) is 8.32. The SMILES string of the molecule is NCC#Cc1cn(N)c2nc(N)[nH]c(=O)c12. The maximum atomic E-state index is 11.7. The van der Waals surface area contributed by atoms with E-state index >= 15 is 0 Å². The molecule has 0 radical (unpaired) electrons. The third-order valence-electron chi connectivity index (χ3n) is 2.03. The van der Waals surface area contributed by atoms with Crippen LogP contribution in [0.3, 0.4) is 0 Å². The standard InChI is InChI=1S/C9H10N6O/c10-3-1-2-5-4-15(12)7-6(5)8(16)14-9(11)13-7/h4H,3,10,12H2,(H3,11,13,14,16). The summed E-state index contributed by atoms with van der Waals surface area (Å²) in [5.74, 6) is 11.0. The van der Waals surface area contributed by atoms with Crippen LogP contribution in [-0.2, 0) is 0 Å². The predicted molar refractivity (Wildman–Crippen MR) is 60.8 cm³/mol. The van der Waals surface area contributed by atoms with Crippen molar-refractivity contribution in [2.45, 2.75) is 0 Å². The van der Waals surface area contributed by atoms with Gasteiger partial charge in [-0.25, -0.2) is 0 Å². The lowest BCUT2D eigenvalue weighted by Gasteiger charge is -1.95. The number of anilines is 1. The maximum Gasteiger partial charge on any atom is 0.263 e. The van der Waals surface area contributed by atoms with Gasteiger partial charge in [-0.2, -0.15) is 4.98 Å². The first-order chi connectivity index (χ1) is 7.63. The fourth-order valence-electron chi connectivity index (χ4n) is 1.41. The first kappa shape index (κ1) is 10.1. The highest BCUT2D eigenvalue weighted by Crippen LogP contribution is 2.12. The Hall–Kier alpha value is -2.46. The van der Waals surface area contributed by atoms with E-state index in [1.54, 1.807) is 0 Å². The van der Waals surface area contributed by atoms with Crippen LogP contribution < -0.4 is 22.9 Å². The van der Waals surface area contributed by atoms with Gasteiger partial charge in [0.1, 0.15) is 5.39 Å². The average Bonchev–Trinajstić information content (AvgIpc) is 2.53. The number of fused-ring (bicyclic) bond motifs is 1. The molecule has 0 aliphatic carbocycles. The Labute approximate surface area is 90.2 Å². The average molecular weight is 218 g/mol. The molecular weight excluding hydrogens is 208 g/mol. The summed E-state index contributed by atoms with van der Waals surface area (Å²) >= 11 is 0. The number of aromatic nitrogens is 3. The lowest BCUT2D eigenvalue weighted by molar-refractivity contribution is 1.03. The molecular formula is C9H10N6O. The highest BCUT2D eigenvalue weighted by Gasteiger charge is 2.11. The lowest BCUT2D eigenvalue weighted by atomic mass is 10.2. The van der Waals surface area contributed by atoms with Gasteiger partial charge in [0.25, 0.3) is 5.56 Å². The molecule has 7 nitrogen and oxygen atoms in total. The summed E-state index contributed by atoms with van der Waals surface area (Å²) in [7, 11) is 0. The number of nitrogens with zero attached hydrogens (tertiary/aromatic N) is 2. The van der Waals surface area contributed by atoms with E-state index in [9.17, 15) is 4.79 Å². The number of hydrogen-bond acceptors (Lipinski definition) is 5. The molecule has 16 heavy (non-hydrogen) atoms. The summed E-state index contributed by atoms with van der Waals surface area (Å²) in [6.07, 6.45) is 1.51. The van der Waals surface area contributed by atoms with Gasteiger partial charge in [-0.05, 0) is 0 Å². The maximum absolute atomic E-state index is 11.7. The van der Waals surface area contributed by atoms with E-state index in [0.717, 1.165) is 0 Å². The summed E-state index contributed by atoms with van der Waals surface area (Å²) in [5, 5.41) is 0.317. The van der Waals surface area contributed by atoms with Crippen molar-refractivity contribution in [2.24, 2.45) is 5.73 Å². The van der Waals surface area contributed by atoms with Crippen molar-refractivity contribution < 1.29 is 0 Å². The largest absolute Gasteiger partial charge is 0.369 e. The first-order valence-corrected chi connectivity index (χ1v) is 4.48. The van der Waals surface area contributed by atoms with Gasteiger partial charge in [0, 0.05) is 6.20 Å². The minimum atomic E-state index is -0.368. The van der Waals surface area contributed by atoms with Crippen LogP contribution in [0.15, 0.2) is 11.0 Å². The summed E-state index contributed by atoms with van der Waals surface area (Å²) < 4.78 is 1.21. The number of aromatic amines is 1. The number of H-pyrrole nitrogens is 1. The molecule has 0 aromatic carbocycles. The van der Waals surface area contributed by atoms with Gasteiger partial charge < -0.3 is 17.3 Å². The van der Waals surface area contributed by atoms with Crippen molar-refractivity contribution in [3.63, 3.8) is 0 Å². The van der Waals surface area contributed by atoms with Crippen molar-refractivity contribution in [3.8, 4) is 11.8 Å². The monoisotopic (exact) mass is 218 g/mol. The molecule has 82 valence electrons. The molecule has 0 aliphatic rings. The van der Waals surface area contributed by atoms with Gasteiger partial charge in [0.15, 0.2) is 5.65 Å². The Bertz CT molecular complexity index is 656. The number of nitrogen functional groups attached to an aromatic ring is 2. The van der Waals surface area contributed by atoms with Crippen molar-refractivity contribution >= 4 is 17.0 Å². The molecule has 0 saturated carbocycles. The molecule has 2 rings (SSSR count). The number of nitrogens with one attached hydrogen (secondary N) is 1. The highest BCUT2D eigenvalue weighted by atomic mass is 16.1. The van der Waals surface area contributed by atoms with Crippen LogP contribution in [0, 0.1) is 11.8 Å². The topological polar surface area (TPSA) is 129 Å². The van der Waals surface area contributed by atoms with Crippen LogP contribution in [0.4, 0.5) is 5.95 Å². The molecule has 2 heterocycles. The quantitative estimate of drug-likeness (QED) is 0.310. The molecule has 0 unspecified atom stereocenters. The highest BCUT2D eigenvalue weighted by molar-refractivity contribution is 5.83. The molecule has 0 saturated heterocycles. The smallest absolute Gasteiger partial charge is 0.263 e. The minimum absolute atomic E-state index is 0.0145. The van der Waals surface area contributed by atoms with E-state index in [1.165, 1.54) is 10.9 Å². The zero-order chi connectivity index (χ0) is 11.7. The second kappa shape index (κ2) is 3.60. The molecule has 0 spiro atoms. The van der Waals surface area contributed by atoms with Gasteiger partial charge >= 0.3 is 0 Å². The van der Waals surface area contributed by atoms with E-state index in [1.807, 2.05) is 0 Å². The van der Waals surface area contributed by atoms with Crippen LogP contribution >= 0.6 is 0 Å². The van der Waals surface area contributed by atoms with Crippen LogP contribution in [0.5, 0.6) is 0 Å². The molecule has 0 fully saturated rings. The molecule has 0 amide bonds. The third kappa shape index (κ3) is 1.47. The van der Waals surface area contributed by atoms with Gasteiger partial charge in [-0.15, -0.1) is 0 Å².